The summed E-state index contributed by atoms with van der Waals surface area (Å²) in [7, 11) is 0. The summed E-state index contributed by atoms with van der Waals surface area (Å²) in [5, 5.41) is 25.6. The van der Waals surface area contributed by atoms with Crippen LogP contribution in [0.25, 0.3) is 0 Å². The molecule has 0 aromatic carbocycles. The Kier molecular flexibility index (Phi) is 5.62. The van der Waals surface area contributed by atoms with E-state index in [1.54, 1.807) is 18.5 Å². The molecular weight excluding hydrogens is 326 g/mol. The van der Waals surface area contributed by atoms with Crippen LogP contribution in [0.1, 0.15) is 24.8 Å². The molecule has 8 nitrogen and oxygen atoms in total. The number of nitrogens with zero attached hydrogens (tertiary/aromatic N) is 1. The minimum absolute atomic E-state index is 0.0528. The maximum absolute atomic E-state index is 12.0. The van der Waals surface area contributed by atoms with Gasteiger partial charge in [-0.15, -0.1) is 0 Å². The molecule has 4 N–H and O–H groups in total. The molecule has 4 atom stereocenters. The number of aliphatic hydroxyl groups is 2. The number of nitrogens with one attached hydrogen (secondary N) is 2. The number of aliphatic hydroxyl groups excluding tert-OH is 2. The zero-order valence-corrected chi connectivity index (χ0v) is 13.8. The monoisotopic (exact) mass is 349 g/mol. The number of carbonyl (C=O) groups is 2. The maximum atomic E-state index is 12.0. The summed E-state index contributed by atoms with van der Waals surface area (Å²) in [6, 6.07) is 3.62. The van der Waals surface area contributed by atoms with Crippen molar-refractivity contribution in [2.45, 2.75) is 50.2 Å². The normalized spacial score (nSPS) is 28.6. The third kappa shape index (κ3) is 4.75. The van der Waals surface area contributed by atoms with Crippen LogP contribution < -0.4 is 10.6 Å². The quantitative estimate of drug-likeness (QED) is 0.506. The molecule has 25 heavy (non-hydrogen) atoms. The molecule has 0 spiro atoms. The van der Waals surface area contributed by atoms with Gasteiger partial charge in [0.05, 0.1) is 12.5 Å². The van der Waals surface area contributed by atoms with Gasteiger partial charge in [0.2, 0.25) is 11.8 Å². The predicted octanol–water partition coefficient (Wildman–Crippen LogP) is -0.897. The summed E-state index contributed by atoms with van der Waals surface area (Å²) in [6.07, 6.45) is 1.22. The summed E-state index contributed by atoms with van der Waals surface area (Å²) in [6.45, 7) is 0.459. The predicted molar refractivity (Wildman–Crippen MR) is 87.1 cm³/mol. The average Bonchev–Trinajstić information content (AvgIpc) is 3.43. The largest absolute Gasteiger partial charge is 0.388 e. The van der Waals surface area contributed by atoms with Crippen LogP contribution in [0.4, 0.5) is 0 Å². The molecule has 1 saturated heterocycles. The van der Waals surface area contributed by atoms with Crippen molar-refractivity contribution in [3.8, 4) is 0 Å². The average molecular weight is 349 g/mol. The Balaban J connectivity index is 1.43. The zero-order chi connectivity index (χ0) is 17.8. The van der Waals surface area contributed by atoms with Gasteiger partial charge in [-0.25, -0.2) is 0 Å². The van der Waals surface area contributed by atoms with Crippen LogP contribution in [-0.4, -0.2) is 58.0 Å². The summed E-state index contributed by atoms with van der Waals surface area (Å²) >= 11 is 0. The van der Waals surface area contributed by atoms with Gasteiger partial charge < -0.3 is 25.6 Å². The van der Waals surface area contributed by atoms with Gasteiger partial charge in [-0.2, -0.15) is 0 Å². The first-order valence-electron chi connectivity index (χ1n) is 8.49. The topological polar surface area (TPSA) is 121 Å². The molecule has 1 aromatic rings. The van der Waals surface area contributed by atoms with E-state index in [9.17, 15) is 19.8 Å². The number of carbonyl (C=O) groups excluding carboxylic acids is 2. The van der Waals surface area contributed by atoms with Gasteiger partial charge in [0.25, 0.3) is 0 Å². The van der Waals surface area contributed by atoms with Crippen LogP contribution in [0, 0.1) is 5.92 Å². The van der Waals surface area contributed by atoms with Crippen molar-refractivity contribution in [1.29, 1.82) is 0 Å². The lowest BCUT2D eigenvalue weighted by molar-refractivity contribution is -0.126. The number of amides is 2. The molecule has 2 heterocycles. The second-order valence-electron chi connectivity index (χ2n) is 6.56. The maximum Gasteiger partial charge on any atom is 0.223 e. The van der Waals surface area contributed by atoms with E-state index >= 15 is 0 Å². The molecule has 4 unspecified atom stereocenters. The highest BCUT2D eigenvalue weighted by Gasteiger charge is 2.43. The van der Waals surface area contributed by atoms with E-state index in [4.69, 9.17) is 4.74 Å². The Bertz CT molecular complexity index is 608. The van der Waals surface area contributed by atoms with Gasteiger partial charge in [-0.3, -0.25) is 14.6 Å². The zero-order valence-electron chi connectivity index (χ0n) is 13.8. The fourth-order valence-corrected chi connectivity index (χ4v) is 2.81. The van der Waals surface area contributed by atoms with E-state index in [0.717, 1.165) is 18.4 Å². The van der Waals surface area contributed by atoms with Crippen molar-refractivity contribution in [3.05, 3.63) is 30.1 Å². The first kappa shape index (κ1) is 17.8. The van der Waals surface area contributed by atoms with Crippen LogP contribution in [0.5, 0.6) is 0 Å². The molecule has 1 aliphatic heterocycles. The molecule has 1 aliphatic carbocycles. The van der Waals surface area contributed by atoms with E-state index in [1.807, 2.05) is 6.07 Å². The van der Waals surface area contributed by atoms with Crippen LogP contribution >= 0.6 is 0 Å². The molecule has 2 fully saturated rings. The Labute approximate surface area is 145 Å². The first-order chi connectivity index (χ1) is 12.0. The minimum atomic E-state index is -1.16. The van der Waals surface area contributed by atoms with Crippen LogP contribution in [0.2, 0.25) is 0 Å². The Morgan fingerprint density at radius 2 is 1.96 bits per heavy atom. The van der Waals surface area contributed by atoms with Gasteiger partial charge >= 0.3 is 0 Å². The van der Waals surface area contributed by atoms with Crippen molar-refractivity contribution in [1.82, 2.24) is 15.6 Å². The number of hydrogen-bond donors (Lipinski definition) is 4. The fourth-order valence-electron chi connectivity index (χ4n) is 2.81. The SMILES string of the molecule is O=C(CC1OC(CNC(=O)C2CC2)C(O)C1O)NCc1cccnc1. The van der Waals surface area contributed by atoms with Crippen molar-refractivity contribution in [2.75, 3.05) is 6.54 Å². The summed E-state index contributed by atoms with van der Waals surface area (Å²) < 4.78 is 5.57. The molecule has 3 rings (SSSR count). The number of ether oxygens (including phenoxy) is 1. The lowest BCUT2D eigenvalue weighted by Crippen LogP contribution is -2.40. The Hall–Kier alpha value is -2.03. The summed E-state index contributed by atoms with van der Waals surface area (Å²) in [5.41, 5.74) is 0.865. The van der Waals surface area contributed by atoms with Gasteiger partial charge in [-0.1, -0.05) is 6.07 Å². The molecule has 2 aliphatic rings. The molecule has 136 valence electrons. The minimum Gasteiger partial charge on any atom is -0.388 e. The highest BCUT2D eigenvalue weighted by molar-refractivity contribution is 5.80. The van der Waals surface area contributed by atoms with Gasteiger partial charge in [0, 0.05) is 31.4 Å². The van der Waals surface area contributed by atoms with Crippen LogP contribution in [0.3, 0.4) is 0 Å². The second kappa shape index (κ2) is 7.90. The molecule has 1 saturated carbocycles. The number of rotatable bonds is 7. The Morgan fingerprint density at radius 3 is 2.64 bits per heavy atom. The molecule has 8 heteroatoms. The summed E-state index contributed by atoms with van der Waals surface area (Å²) in [4.78, 5) is 27.6. The number of pyridine rings is 1. The third-order valence-corrected chi connectivity index (χ3v) is 4.49. The van der Waals surface area contributed by atoms with Crippen molar-refractivity contribution < 1.29 is 24.5 Å². The van der Waals surface area contributed by atoms with E-state index in [-0.39, 0.29) is 30.7 Å². The van der Waals surface area contributed by atoms with Gasteiger partial charge in [0.15, 0.2) is 0 Å². The van der Waals surface area contributed by atoms with Crippen molar-refractivity contribution in [3.63, 3.8) is 0 Å². The highest BCUT2D eigenvalue weighted by Crippen LogP contribution is 2.29. The van der Waals surface area contributed by atoms with E-state index in [2.05, 4.69) is 15.6 Å². The van der Waals surface area contributed by atoms with Crippen LogP contribution in [0.15, 0.2) is 24.5 Å². The molecular formula is C17H23N3O5. The first-order valence-corrected chi connectivity index (χ1v) is 8.49. The van der Waals surface area contributed by atoms with E-state index in [0.29, 0.717) is 6.54 Å². The van der Waals surface area contributed by atoms with E-state index in [1.165, 1.54) is 0 Å². The summed E-state index contributed by atoms with van der Waals surface area (Å²) in [5.74, 6) is -0.275. The standard InChI is InChI=1S/C17H23N3O5/c21-14(19-8-10-2-1-5-18-7-10)6-12-15(22)16(23)13(25-12)9-20-17(24)11-3-4-11/h1-2,5,7,11-13,15-16,22-23H,3-4,6,8-9H2,(H,19,21)(H,20,24). The molecule has 0 bridgehead atoms. The Morgan fingerprint density at radius 1 is 1.20 bits per heavy atom. The highest BCUT2D eigenvalue weighted by atomic mass is 16.5. The van der Waals surface area contributed by atoms with Gasteiger partial charge in [0.1, 0.15) is 18.3 Å². The van der Waals surface area contributed by atoms with Crippen LogP contribution in [-0.2, 0) is 20.9 Å². The molecule has 0 radical (unpaired) electrons. The molecule has 1 aromatic heterocycles. The van der Waals surface area contributed by atoms with E-state index < -0.39 is 24.4 Å². The van der Waals surface area contributed by atoms with Crippen molar-refractivity contribution in [2.24, 2.45) is 5.92 Å². The van der Waals surface area contributed by atoms with Crippen molar-refractivity contribution >= 4 is 11.8 Å². The van der Waals surface area contributed by atoms with Gasteiger partial charge in [-0.05, 0) is 24.5 Å². The molecule has 2 amide bonds. The number of hydrogen-bond acceptors (Lipinski definition) is 6. The third-order valence-electron chi connectivity index (χ3n) is 4.49. The number of aromatic nitrogens is 1. The lowest BCUT2D eigenvalue weighted by Gasteiger charge is -2.15. The fraction of sp³-hybridized carbons (Fsp3) is 0.588. The second-order valence-corrected chi connectivity index (χ2v) is 6.56. The lowest BCUT2D eigenvalue weighted by atomic mass is 10.1. The smallest absolute Gasteiger partial charge is 0.223 e.